The van der Waals surface area contributed by atoms with E-state index in [4.69, 9.17) is 11.5 Å². The number of nitrogen functional groups attached to an aromatic ring is 2. The predicted octanol–water partition coefficient (Wildman–Crippen LogP) is 2.67. The van der Waals surface area contributed by atoms with Crippen LogP contribution in [0.15, 0.2) is 43.0 Å². The molecule has 0 bridgehead atoms. The first-order valence-corrected chi connectivity index (χ1v) is 9.59. The van der Waals surface area contributed by atoms with Crippen LogP contribution in [0.4, 0.5) is 24.7 Å². The van der Waals surface area contributed by atoms with Crippen LogP contribution in [0.1, 0.15) is 24.3 Å². The third kappa shape index (κ3) is 4.60. The van der Waals surface area contributed by atoms with E-state index in [1.807, 2.05) is 5.32 Å². The molecule has 1 amide bonds. The number of anilines is 2. The number of aromatic nitrogens is 4. The molecule has 1 atom stereocenters. The molecule has 0 saturated heterocycles. The molecule has 1 unspecified atom stereocenters. The van der Waals surface area contributed by atoms with Crippen LogP contribution in [-0.2, 0) is 4.79 Å². The van der Waals surface area contributed by atoms with E-state index in [1.54, 1.807) is 36.8 Å². The SMILES string of the molecule is Nc1nccc(-c2cnn(-c3ccc(C(C(=O)NCC(F)(F)F)C4CC4)cn3)c2)c1N. The summed E-state index contributed by atoms with van der Waals surface area (Å²) in [6, 6.07) is 5.09. The molecular weight excluding hydrogens is 411 g/mol. The van der Waals surface area contributed by atoms with Crippen LogP contribution in [-0.4, -0.2) is 38.4 Å². The first-order valence-electron chi connectivity index (χ1n) is 9.59. The number of alkyl halides is 3. The van der Waals surface area contributed by atoms with Gasteiger partial charge in [-0.25, -0.2) is 14.6 Å². The number of carbonyl (C=O) groups is 1. The van der Waals surface area contributed by atoms with Gasteiger partial charge in [-0.1, -0.05) is 6.07 Å². The normalized spacial score (nSPS) is 14.9. The second kappa shape index (κ2) is 7.89. The Balaban J connectivity index is 1.53. The van der Waals surface area contributed by atoms with Gasteiger partial charge in [-0.3, -0.25) is 4.79 Å². The van der Waals surface area contributed by atoms with Gasteiger partial charge in [0.25, 0.3) is 0 Å². The van der Waals surface area contributed by atoms with Crippen molar-refractivity contribution in [1.29, 1.82) is 0 Å². The van der Waals surface area contributed by atoms with E-state index < -0.39 is 24.5 Å². The minimum absolute atomic E-state index is 0.0253. The summed E-state index contributed by atoms with van der Waals surface area (Å²) in [5.74, 6) is -0.556. The summed E-state index contributed by atoms with van der Waals surface area (Å²) in [5, 5.41) is 6.26. The highest BCUT2D eigenvalue weighted by Gasteiger charge is 2.39. The van der Waals surface area contributed by atoms with Gasteiger partial charge in [-0.2, -0.15) is 18.3 Å². The van der Waals surface area contributed by atoms with E-state index in [2.05, 4.69) is 15.1 Å². The summed E-state index contributed by atoms with van der Waals surface area (Å²) in [4.78, 5) is 20.6. The molecule has 11 heteroatoms. The molecule has 3 aromatic heterocycles. The topological polar surface area (TPSA) is 125 Å². The van der Waals surface area contributed by atoms with Crippen LogP contribution in [0.3, 0.4) is 0 Å². The van der Waals surface area contributed by atoms with Crippen molar-refractivity contribution in [2.24, 2.45) is 5.92 Å². The number of rotatable bonds is 6. The first kappa shape index (κ1) is 20.6. The Bertz CT molecular complexity index is 1090. The van der Waals surface area contributed by atoms with Gasteiger partial charge < -0.3 is 16.8 Å². The molecule has 3 aromatic rings. The van der Waals surface area contributed by atoms with E-state index in [9.17, 15) is 18.0 Å². The summed E-state index contributed by atoms with van der Waals surface area (Å²) in [6.07, 6.45) is 3.53. The number of nitrogens with two attached hydrogens (primary N) is 2. The lowest BCUT2D eigenvalue weighted by Gasteiger charge is -2.17. The maximum atomic E-state index is 12.5. The lowest BCUT2D eigenvalue weighted by molar-refractivity contribution is -0.139. The van der Waals surface area contributed by atoms with Crippen LogP contribution in [0.25, 0.3) is 16.9 Å². The zero-order valence-electron chi connectivity index (χ0n) is 16.3. The van der Waals surface area contributed by atoms with Gasteiger partial charge in [0.2, 0.25) is 5.91 Å². The number of nitrogens with one attached hydrogen (secondary N) is 1. The number of pyridine rings is 2. The molecular formula is C20H20F3N7O. The second-order valence-corrected chi connectivity index (χ2v) is 7.43. The van der Waals surface area contributed by atoms with Crippen LogP contribution in [0, 0.1) is 5.92 Å². The molecule has 0 spiro atoms. The quantitative estimate of drug-likeness (QED) is 0.551. The summed E-state index contributed by atoms with van der Waals surface area (Å²) in [6.45, 7) is -1.35. The number of halogens is 3. The third-order valence-electron chi connectivity index (χ3n) is 5.12. The van der Waals surface area contributed by atoms with Crippen LogP contribution >= 0.6 is 0 Å². The highest BCUT2D eigenvalue weighted by Crippen LogP contribution is 2.42. The van der Waals surface area contributed by atoms with E-state index in [0.29, 0.717) is 22.6 Å². The largest absolute Gasteiger partial charge is 0.405 e. The fourth-order valence-corrected chi connectivity index (χ4v) is 3.41. The van der Waals surface area contributed by atoms with Crippen molar-refractivity contribution in [2.75, 3.05) is 18.0 Å². The molecule has 1 saturated carbocycles. The molecule has 4 rings (SSSR count). The zero-order chi connectivity index (χ0) is 22.2. The summed E-state index contributed by atoms with van der Waals surface area (Å²) in [7, 11) is 0. The Morgan fingerprint density at radius 2 is 1.97 bits per heavy atom. The molecule has 162 valence electrons. The predicted molar refractivity (Wildman–Crippen MR) is 108 cm³/mol. The van der Waals surface area contributed by atoms with Gasteiger partial charge in [-0.15, -0.1) is 0 Å². The van der Waals surface area contributed by atoms with Gasteiger partial charge in [-0.05, 0) is 36.5 Å². The number of amides is 1. The molecule has 1 aliphatic carbocycles. The summed E-state index contributed by atoms with van der Waals surface area (Å²) in [5.41, 5.74) is 14.1. The fraction of sp³-hybridized carbons (Fsp3) is 0.300. The Labute approximate surface area is 175 Å². The average Bonchev–Trinajstić information content (AvgIpc) is 3.43. The molecule has 1 aliphatic rings. The van der Waals surface area contributed by atoms with Gasteiger partial charge >= 0.3 is 6.18 Å². The molecule has 0 radical (unpaired) electrons. The van der Waals surface area contributed by atoms with E-state index in [1.165, 1.54) is 10.9 Å². The Morgan fingerprint density at radius 3 is 2.61 bits per heavy atom. The molecule has 1 fully saturated rings. The number of carbonyl (C=O) groups excluding carboxylic acids is 1. The van der Waals surface area contributed by atoms with E-state index >= 15 is 0 Å². The minimum atomic E-state index is -4.45. The van der Waals surface area contributed by atoms with Crippen LogP contribution in [0.5, 0.6) is 0 Å². The Kier molecular flexibility index (Phi) is 5.25. The molecule has 3 heterocycles. The summed E-state index contributed by atoms with van der Waals surface area (Å²) >= 11 is 0. The van der Waals surface area contributed by atoms with Crippen molar-refractivity contribution >= 4 is 17.4 Å². The highest BCUT2D eigenvalue weighted by atomic mass is 19.4. The zero-order valence-corrected chi connectivity index (χ0v) is 16.3. The number of hydrogen-bond acceptors (Lipinski definition) is 6. The molecule has 8 nitrogen and oxygen atoms in total. The van der Waals surface area contributed by atoms with Gasteiger partial charge in [0.1, 0.15) is 12.4 Å². The molecule has 5 N–H and O–H groups in total. The lowest BCUT2D eigenvalue weighted by atomic mass is 9.94. The summed E-state index contributed by atoms with van der Waals surface area (Å²) < 4.78 is 38.9. The highest BCUT2D eigenvalue weighted by molar-refractivity contribution is 5.84. The second-order valence-electron chi connectivity index (χ2n) is 7.43. The van der Waals surface area contributed by atoms with Crippen LogP contribution < -0.4 is 16.8 Å². The monoisotopic (exact) mass is 431 g/mol. The maximum absolute atomic E-state index is 12.5. The molecule has 0 aliphatic heterocycles. The van der Waals surface area contributed by atoms with Crippen molar-refractivity contribution in [3.63, 3.8) is 0 Å². The van der Waals surface area contributed by atoms with E-state index in [0.717, 1.165) is 18.4 Å². The van der Waals surface area contributed by atoms with Crippen molar-refractivity contribution < 1.29 is 18.0 Å². The smallest absolute Gasteiger partial charge is 0.395 e. The Morgan fingerprint density at radius 1 is 1.19 bits per heavy atom. The average molecular weight is 431 g/mol. The Hall–Kier alpha value is -3.63. The number of hydrogen-bond donors (Lipinski definition) is 3. The van der Waals surface area contributed by atoms with E-state index in [-0.39, 0.29) is 11.7 Å². The maximum Gasteiger partial charge on any atom is 0.405 e. The lowest BCUT2D eigenvalue weighted by Crippen LogP contribution is -2.37. The van der Waals surface area contributed by atoms with Crippen molar-refractivity contribution in [2.45, 2.75) is 24.9 Å². The van der Waals surface area contributed by atoms with Gasteiger partial charge in [0.05, 0.1) is 17.8 Å². The van der Waals surface area contributed by atoms with Crippen molar-refractivity contribution in [1.82, 2.24) is 25.1 Å². The minimum Gasteiger partial charge on any atom is -0.395 e. The van der Waals surface area contributed by atoms with Gasteiger partial charge in [0, 0.05) is 29.7 Å². The molecule has 31 heavy (non-hydrogen) atoms. The first-order chi connectivity index (χ1) is 14.7. The number of nitrogens with zero attached hydrogens (tertiary/aromatic N) is 4. The molecule has 0 aromatic carbocycles. The van der Waals surface area contributed by atoms with Crippen molar-refractivity contribution in [3.8, 4) is 16.9 Å². The van der Waals surface area contributed by atoms with Crippen LogP contribution in [0.2, 0.25) is 0 Å². The fourth-order valence-electron chi connectivity index (χ4n) is 3.41. The third-order valence-corrected chi connectivity index (χ3v) is 5.12. The standard InChI is InChI=1S/C20H20F3N7O/c21-20(22,23)10-28-19(31)16(11-1-2-11)12-3-4-15(27-7-12)30-9-13(8-29-30)14-5-6-26-18(25)17(14)24/h3-9,11,16H,1-2,10,24H2,(H2,25,26)(H,28,31). The van der Waals surface area contributed by atoms with Crippen molar-refractivity contribution in [3.05, 3.63) is 48.5 Å². The van der Waals surface area contributed by atoms with Gasteiger partial charge in [0.15, 0.2) is 5.82 Å².